The third kappa shape index (κ3) is 4.99. The maximum Gasteiger partial charge on any atom is 0.253 e. The smallest absolute Gasteiger partial charge is 0.253 e. The van der Waals surface area contributed by atoms with Gasteiger partial charge in [0.2, 0.25) is 10.0 Å². The van der Waals surface area contributed by atoms with E-state index >= 15 is 0 Å². The standard InChI is InChI=1S/C19H24N2O5S/c1-5-20-27(23,24)16-9-7-15(8-10-16)19(22)21(2)13-14-6-11-17(25-3)18(12-14)26-4/h6-12,20H,5,13H2,1-4H3. The lowest BCUT2D eigenvalue weighted by molar-refractivity contribution is 0.0785. The van der Waals surface area contributed by atoms with Gasteiger partial charge in [0.05, 0.1) is 19.1 Å². The molecule has 2 aromatic carbocycles. The molecule has 0 atom stereocenters. The molecule has 0 bridgehead atoms. The van der Waals surface area contributed by atoms with Crippen LogP contribution in [0.4, 0.5) is 0 Å². The summed E-state index contributed by atoms with van der Waals surface area (Å²) in [5, 5.41) is 0. The molecule has 1 amide bonds. The number of ether oxygens (including phenoxy) is 2. The monoisotopic (exact) mass is 392 g/mol. The van der Waals surface area contributed by atoms with Crippen molar-refractivity contribution in [3.63, 3.8) is 0 Å². The van der Waals surface area contributed by atoms with Crippen molar-refractivity contribution in [2.75, 3.05) is 27.8 Å². The number of carbonyl (C=O) groups excluding carboxylic acids is 1. The van der Waals surface area contributed by atoms with Crippen LogP contribution in [0, 0.1) is 0 Å². The van der Waals surface area contributed by atoms with Gasteiger partial charge in [0.25, 0.3) is 5.91 Å². The van der Waals surface area contributed by atoms with Crippen LogP contribution in [0.2, 0.25) is 0 Å². The van der Waals surface area contributed by atoms with Gasteiger partial charge in [-0.3, -0.25) is 4.79 Å². The lowest BCUT2D eigenvalue weighted by Crippen LogP contribution is -2.26. The minimum Gasteiger partial charge on any atom is -0.493 e. The fraction of sp³-hybridized carbons (Fsp3) is 0.316. The van der Waals surface area contributed by atoms with Gasteiger partial charge in [-0.2, -0.15) is 0 Å². The van der Waals surface area contributed by atoms with Crippen molar-refractivity contribution >= 4 is 15.9 Å². The average Bonchev–Trinajstić information content (AvgIpc) is 2.67. The highest BCUT2D eigenvalue weighted by Crippen LogP contribution is 2.28. The van der Waals surface area contributed by atoms with E-state index in [2.05, 4.69) is 4.72 Å². The van der Waals surface area contributed by atoms with E-state index in [0.717, 1.165) is 5.56 Å². The van der Waals surface area contributed by atoms with E-state index in [-0.39, 0.29) is 10.8 Å². The molecule has 2 aromatic rings. The van der Waals surface area contributed by atoms with Crippen LogP contribution in [-0.4, -0.2) is 47.0 Å². The fourth-order valence-corrected chi connectivity index (χ4v) is 3.64. The normalized spacial score (nSPS) is 11.1. The molecule has 1 N–H and O–H groups in total. The third-order valence-corrected chi connectivity index (χ3v) is 5.52. The van der Waals surface area contributed by atoms with Gasteiger partial charge in [-0.1, -0.05) is 13.0 Å². The highest BCUT2D eigenvalue weighted by molar-refractivity contribution is 7.89. The van der Waals surface area contributed by atoms with Crippen molar-refractivity contribution in [1.82, 2.24) is 9.62 Å². The van der Waals surface area contributed by atoms with E-state index in [9.17, 15) is 13.2 Å². The molecule has 0 aliphatic rings. The molecule has 2 rings (SSSR count). The van der Waals surface area contributed by atoms with Gasteiger partial charge >= 0.3 is 0 Å². The quantitative estimate of drug-likeness (QED) is 0.745. The molecule has 0 unspecified atom stereocenters. The van der Waals surface area contributed by atoms with Crippen molar-refractivity contribution in [3.8, 4) is 11.5 Å². The number of benzene rings is 2. The first-order valence-electron chi connectivity index (χ1n) is 8.38. The van der Waals surface area contributed by atoms with Crippen molar-refractivity contribution in [2.45, 2.75) is 18.4 Å². The lowest BCUT2D eigenvalue weighted by atomic mass is 10.1. The largest absolute Gasteiger partial charge is 0.493 e. The van der Waals surface area contributed by atoms with Crippen molar-refractivity contribution in [1.29, 1.82) is 0 Å². The molecule has 8 heteroatoms. The number of carbonyl (C=O) groups is 1. The number of methoxy groups -OCH3 is 2. The Bertz CT molecular complexity index is 895. The van der Waals surface area contributed by atoms with Gasteiger partial charge in [0.1, 0.15) is 0 Å². The molecule has 0 spiro atoms. The maximum absolute atomic E-state index is 12.6. The van der Waals surface area contributed by atoms with Gasteiger partial charge in [0.15, 0.2) is 11.5 Å². The number of nitrogens with zero attached hydrogens (tertiary/aromatic N) is 1. The van der Waals surface area contributed by atoms with Crippen molar-refractivity contribution in [3.05, 3.63) is 53.6 Å². The van der Waals surface area contributed by atoms with Crippen LogP contribution in [0.1, 0.15) is 22.8 Å². The maximum atomic E-state index is 12.6. The highest BCUT2D eigenvalue weighted by atomic mass is 32.2. The van der Waals surface area contributed by atoms with Gasteiger partial charge in [-0.05, 0) is 42.0 Å². The van der Waals surface area contributed by atoms with Crippen LogP contribution in [0.15, 0.2) is 47.4 Å². The van der Waals surface area contributed by atoms with Crippen LogP contribution in [0.25, 0.3) is 0 Å². The molecular weight excluding hydrogens is 368 g/mol. The molecular formula is C19H24N2O5S. The van der Waals surface area contributed by atoms with Gasteiger partial charge in [-0.15, -0.1) is 0 Å². The van der Waals surface area contributed by atoms with Crippen LogP contribution in [-0.2, 0) is 16.6 Å². The van der Waals surface area contributed by atoms with E-state index in [1.54, 1.807) is 39.2 Å². The molecule has 146 valence electrons. The highest BCUT2D eigenvalue weighted by Gasteiger charge is 2.16. The zero-order chi connectivity index (χ0) is 20.0. The number of rotatable bonds is 8. The summed E-state index contributed by atoms with van der Waals surface area (Å²) in [6, 6.07) is 11.3. The summed E-state index contributed by atoms with van der Waals surface area (Å²) in [5.41, 5.74) is 1.29. The third-order valence-electron chi connectivity index (χ3n) is 3.96. The molecule has 0 aliphatic carbocycles. The lowest BCUT2D eigenvalue weighted by Gasteiger charge is -2.18. The second-order valence-electron chi connectivity index (χ2n) is 5.88. The molecule has 0 aliphatic heterocycles. The molecule has 0 heterocycles. The summed E-state index contributed by atoms with van der Waals surface area (Å²) in [6.07, 6.45) is 0. The molecule has 0 saturated carbocycles. The van der Waals surface area contributed by atoms with Gasteiger partial charge < -0.3 is 14.4 Å². The molecule has 0 fully saturated rings. The topological polar surface area (TPSA) is 84.9 Å². The molecule has 0 radical (unpaired) electrons. The Morgan fingerprint density at radius 3 is 2.22 bits per heavy atom. The second kappa shape index (κ2) is 8.88. The summed E-state index contributed by atoms with van der Waals surface area (Å²) in [5.74, 6) is 0.999. The number of amides is 1. The average molecular weight is 392 g/mol. The number of sulfonamides is 1. The minimum atomic E-state index is -3.54. The Kier molecular flexibility index (Phi) is 6.81. The molecule has 0 aromatic heterocycles. The van der Waals surface area contributed by atoms with Crippen LogP contribution in [0.5, 0.6) is 11.5 Å². The number of hydrogen-bond donors (Lipinski definition) is 1. The van der Waals surface area contributed by atoms with Gasteiger partial charge in [-0.25, -0.2) is 13.1 Å². The Balaban J connectivity index is 2.13. The first kappa shape index (κ1) is 20.7. The van der Waals surface area contributed by atoms with E-state index in [0.29, 0.717) is 30.2 Å². The van der Waals surface area contributed by atoms with Crippen LogP contribution in [0.3, 0.4) is 0 Å². The molecule has 0 saturated heterocycles. The van der Waals surface area contributed by atoms with Crippen LogP contribution < -0.4 is 14.2 Å². The minimum absolute atomic E-state index is 0.128. The SMILES string of the molecule is CCNS(=O)(=O)c1ccc(C(=O)N(C)Cc2ccc(OC)c(OC)c2)cc1. The Morgan fingerprint density at radius 2 is 1.67 bits per heavy atom. The fourth-order valence-electron chi connectivity index (χ4n) is 2.60. The summed E-state index contributed by atoms with van der Waals surface area (Å²) < 4.78 is 36.8. The van der Waals surface area contributed by atoms with Crippen molar-refractivity contribution in [2.24, 2.45) is 0 Å². The Hall–Kier alpha value is -2.58. The van der Waals surface area contributed by atoms with Crippen LogP contribution >= 0.6 is 0 Å². The van der Waals surface area contributed by atoms with Gasteiger partial charge in [0, 0.05) is 25.7 Å². The first-order chi connectivity index (χ1) is 12.8. The first-order valence-corrected chi connectivity index (χ1v) is 9.86. The Labute approximate surface area is 160 Å². The van der Waals surface area contributed by atoms with Crippen molar-refractivity contribution < 1.29 is 22.7 Å². The zero-order valence-electron chi connectivity index (χ0n) is 15.9. The second-order valence-corrected chi connectivity index (χ2v) is 7.64. The molecule has 7 nitrogen and oxygen atoms in total. The van der Waals surface area contributed by atoms with E-state index in [1.165, 1.54) is 24.3 Å². The summed E-state index contributed by atoms with van der Waals surface area (Å²) in [7, 11) is 1.26. The summed E-state index contributed by atoms with van der Waals surface area (Å²) in [6.45, 7) is 2.38. The summed E-state index contributed by atoms with van der Waals surface area (Å²) in [4.78, 5) is 14.3. The number of hydrogen-bond acceptors (Lipinski definition) is 5. The van der Waals surface area contributed by atoms with E-state index < -0.39 is 10.0 Å². The molecule has 27 heavy (non-hydrogen) atoms. The zero-order valence-corrected chi connectivity index (χ0v) is 16.7. The Morgan fingerprint density at radius 1 is 1.04 bits per heavy atom. The van der Waals surface area contributed by atoms with E-state index in [1.807, 2.05) is 12.1 Å². The van der Waals surface area contributed by atoms with E-state index in [4.69, 9.17) is 9.47 Å². The number of nitrogens with one attached hydrogen (secondary N) is 1. The summed E-state index contributed by atoms with van der Waals surface area (Å²) >= 11 is 0. The predicted molar refractivity (Wildman–Crippen MR) is 103 cm³/mol. The predicted octanol–water partition coefficient (Wildman–Crippen LogP) is 2.27.